The Kier molecular flexibility index (Phi) is 2.52. The van der Waals surface area contributed by atoms with Crippen LogP contribution in [0, 0.1) is 17.1 Å². The van der Waals surface area contributed by atoms with Crippen LogP contribution in [0.5, 0.6) is 5.75 Å². The molecule has 0 bridgehead atoms. The van der Waals surface area contributed by atoms with Gasteiger partial charge in [0.05, 0.1) is 17.5 Å². The molecule has 2 aromatic rings. The number of pyridine rings is 1. The van der Waals surface area contributed by atoms with Gasteiger partial charge < -0.3 is 5.11 Å². The van der Waals surface area contributed by atoms with Crippen molar-refractivity contribution < 1.29 is 9.50 Å². The fourth-order valence-electron chi connectivity index (χ4n) is 1.35. The van der Waals surface area contributed by atoms with Crippen molar-refractivity contribution in [2.75, 3.05) is 0 Å². The lowest BCUT2D eigenvalue weighted by Gasteiger charge is -2.03. The zero-order valence-electron chi connectivity index (χ0n) is 8.18. The lowest BCUT2D eigenvalue weighted by atomic mass is 10.1. The van der Waals surface area contributed by atoms with Crippen LogP contribution in [0.15, 0.2) is 36.5 Å². The van der Waals surface area contributed by atoms with Gasteiger partial charge in [-0.3, -0.25) is 4.98 Å². The van der Waals surface area contributed by atoms with Crippen LogP contribution < -0.4 is 0 Å². The molecule has 16 heavy (non-hydrogen) atoms. The summed E-state index contributed by atoms with van der Waals surface area (Å²) >= 11 is 0. The lowest BCUT2D eigenvalue weighted by molar-refractivity contribution is 0.471. The largest absolute Gasteiger partial charge is 0.505 e. The molecule has 1 aromatic carbocycles. The average Bonchev–Trinajstić information content (AvgIpc) is 2.31. The topological polar surface area (TPSA) is 56.9 Å². The Balaban J connectivity index is 2.59. The van der Waals surface area contributed by atoms with Crippen molar-refractivity contribution in [3.63, 3.8) is 0 Å². The third-order valence-corrected chi connectivity index (χ3v) is 2.15. The molecule has 0 aliphatic heterocycles. The van der Waals surface area contributed by atoms with Crippen molar-refractivity contribution in [2.45, 2.75) is 0 Å². The predicted molar refractivity (Wildman–Crippen MR) is 56.0 cm³/mol. The first-order valence-corrected chi connectivity index (χ1v) is 4.56. The van der Waals surface area contributed by atoms with E-state index in [1.165, 1.54) is 12.1 Å². The third kappa shape index (κ3) is 1.71. The van der Waals surface area contributed by atoms with Gasteiger partial charge in [-0.25, -0.2) is 4.39 Å². The molecule has 0 atom stereocenters. The highest BCUT2D eigenvalue weighted by Crippen LogP contribution is 2.24. The summed E-state index contributed by atoms with van der Waals surface area (Å²) in [5, 5.41) is 18.0. The number of aromatic nitrogens is 1. The van der Waals surface area contributed by atoms with E-state index in [4.69, 9.17) is 5.26 Å². The highest BCUT2D eigenvalue weighted by molar-refractivity contribution is 5.63. The van der Waals surface area contributed by atoms with Crippen molar-refractivity contribution in [1.82, 2.24) is 4.98 Å². The van der Waals surface area contributed by atoms with E-state index < -0.39 is 5.82 Å². The molecule has 0 saturated carbocycles. The fourth-order valence-corrected chi connectivity index (χ4v) is 1.35. The summed E-state index contributed by atoms with van der Waals surface area (Å²) in [7, 11) is 0. The maximum Gasteiger partial charge on any atom is 0.151 e. The maximum absolute atomic E-state index is 13.4. The lowest BCUT2D eigenvalue weighted by Crippen LogP contribution is -1.89. The van der Waals surface area contributed by atoms with Crippen LogP contribution in [0.25, 0.3) is 11.3 Å². The molecule has 0 spiro atoms. The van der Waals surface area contributed by atoms with Crippen molar-refractivity contribution in [1.29, 1.82) is 5.26 Å². The van der Waals surface area contributed by atoms with Crippen molar-refractivity contribution in [3.05, 3.63) is 47.9 Å². The van der Waals surface area contributed by atoms with E-state index in [2.05, 4.69) is 4.98 Å². The molecule has 0 saturated heterocycles. The second kappa shape index (κ2) is 3.99. The number of aromatic hydroxyl groups is 1. The highest BCUT2D eigenvalue weighted by Gasteiger charge is 2.08. The quantitative estimate of drug-likeness (QED) is 0.793. The summed E-state index contributed by atoms with van der Waals surface area (Å²) in [5.41, 5.74) is 0.708. The summed E-state index contributed by atoms with van der Waals surface area (Å²) in [6.45, 7) is 0. The fraction of sp³-hybridized carbons (Fsp3) is 0. The minimum Gasteiger partial charge on any atom is -0.505 e. The molecule has 3 nitrogen and oxygen atoms in total. The monoisotopic (exact) mass is 214 g/mol. The van der Waals surface area contributed by atoms with Crippen LogP contribution in [0.1, 0.15) is 5.56 Å². The number of benzene rings is 1. The first kappa shape index (κ1) is 10.1. The van der Waals surface area contributed by atoms with Gasteiger partial charge in [0.2, 0.25) is 0 Å². The zero-order valence-corrected chi connectivity index (χ0v) is 8.18. The van der Waals surface area contributed by atoms with E-state index in [9.17, 15) is 9.50 Å². The van der Waals surface area contributed by atoms with Gasteiger partial charge in [-0.05, 0) is 18.2 Å². The van der Waals surface area contributed by atoms with Crippen LogP contribution in [0.4, 0.5) is 4.39 Å². The number of hydrogen-bond donors (Lipinski definition) is 1. The Morgan fingerprint density at radius 1 is 1.31 bits per heavy atom. The first-order chi connectivity index (χ1) is 7.72. The second-order valence-electron chi connectivity index (χ2n) is 3.18. The van der Waals surface area contributed by atoms with E-state index in [0.29, 0.717) is 11.3 Å². The molecular weight excluding hydrogens is 207 g/mol. The number of nitrogens with zero attached hydrogens (tertiary/aromatic N) is 2. The van der Waals surface area contributed by atoms with Crippen molar-refractivity contribution >= 4 is 0 Å². The predicted octanol–water partition coefficient (Wildman–Crippen LogP) is 2.46. The van der Waals surface area contributed by atoms with E-state index in [0.717, 1.165) is 6.20 Å². The number of halogens is 1. The highest BCUT2D eigenvalue weighted by atomic mass is 19.1. The van der Waals surface area contributed by atoms with Gasteiger partial charge >= 0.3 is 0 Å². The summed E-state index contributed by atoms with van der Waals surface area (Å²) in [4.78, 5) is 3.88. The summed E-state index contributed by atoms with van der Waals surface area (Å²) < 4.78 is 13.4. The minimum atomic E-state index is -0.412. The van der Waals surface area contributed by atoms with E-state index in [1.54, 1.807) is 18.2 Å². The number of nitriles is 1. The van der Waals surface area contributed by atoms with E-state index in [-0.39, 0.29) is 11.3 Å². The first-order valence-electron chi connectivity index (χ1n) is 4.56. The Morgan fingerprint density at radius 2 is 2.06 bits per heavy atom. The normalized spacial score (nSPS) is 9.75. The molecule has 1 aromatic heterocycles. The molecule has 0 aliphatic rings. The van der Waals surface area contributed by atoms with Gasteiger partial charge in [0.25, 0.3) is 0 Å². The van der Waals surface area contributed by atoms with Gasteiger partial charge in [0.15, 0.2) is 5.75 Å². The molecule has 4 heteroatoms. The summed E-state index contributed by atoms with van der Waals surface area (Å²) in [5.74, 6) is -0.618. The zero-order chi connectivity index (χ0) is 11.5. The Morgan fingerprint density at radius 3 is 2.75 bits per heavy atom. The Labute approximate surface area is 91.4 Å². The molecular formula is C12H7FN2O. The van der Waals surface area contributed by atoms with Crippen LogP contribution in [0.2, 0.25) is 0 Å². The van der Waals surface area contributed by atoms with Crippen LogP contribution in [0.3, 0.4) is 0 Å². The van der Waals surface area contributed by atoms with Crippen molar-refractivity contribution in [2.24, 2.45) is 0 Å². The average molecular weight is 214 g/mol. The molecule has 1 N–H and O–H groups in total. The van der Waals surface area contributed by atoms with E-state index >= 15 is 0 Å². The van der Waals surface area contributed by atoms with Crippen LogP contribution >= 0.6 is 0 Å². The summed E-state index contributed by atoms with van der Waals surface area (Å²) in [6.07, 6.45) is 1.14. The van der Waals surface area contributed by atoms with Crippen LogP contribution in [-0.4, -0.2) is 10.1 Å². The molecule has 2 rings (SSSR count). The SMILES string of the molecule is N#Cc1cc(-c2ccccc2F)ncc1O. The molecule has 0 unspecified atom stereocenters. The standard InChI is InChI=1S/C12H7FN2O/c13-10-4-2-1-3-9(10)11-5-8(6-14)12(16)7-15-11/h1-5,7,16H. The molecule has 78 valence electrons. The third-order valence-electron chi connectivity index (χ3n) is 2.15. The molecule has 0 radical (unpaired) electrons. The molecule has 0 aliphatic carbocycles. The molecule has 0 amide bonds. The summed E-state index contributed by atoms with van der Waals surface area (Å²) in [6, 6.07) is 9.30. The molecule has 1 heterocycles. The van der Waals surface area contributed by atoms with Gasteiger partial charge in [0, 0.05) is 5.56 Å². The second-order valence-corrected chi connectivity index (χ2v) is 3.18. The Bertz CT molecular complexity index is 575. The van der Waals surface area contributed by atoms with Crippen molar-refractivity contribution in [3.8, 4) is 23.1 Å². The number of hydrogen-bond acceptors (Lipinski definition) is 3. The smallest absolute Gasteiger partial charge is 0.151 e. The van der Waals surface area contributed by atoms with Crippen LogP contribution in [-0.2, 0) is 0 Å². The Hall–Kier alpha value is -2.41. The van der Waals surface area contributed by atoms with Gasteiger partial charge in [-0.1, -0.05) is 12.1 Å². The van der Waals surface area contributed by atoms with E-state index in [1.807, 2.05) is 6.07 Å². The van der Waals surface area contributed by atoms with Gasteiger partial charge in [0.1, 0.15) is 11.9 Å². The maximum atomic E-state index is 13.4. The van der Waals surface area contributed by atoms with Gasteiger partial charge in [-0.15, -0.1) is 0 Å². The molecule has 0 fully saturated rings. The number of rotatable bonds is 1. The van der Waals surface area contributed by atoms with Gasteiger partial charge in [-0.2, -0.15) is 5.26 Å². The minimum absolute atomic E-state index is 0.0771.